The van der Waals surface area contributed by atoms with E-state index in [0.717, 1.165) is 0 Å². The highest BCUT2D eigenvalue weighted by Gasteiger charge is 2.29. The lowest BCUT2D eigenvalue weighted by molar-refractivity contribution is -0.156. The third kappa shape index (κ3) is 6.51. The number of hydrogen-bond acceptors (Lipinski definition) is 6. The molecule has 0 fully saturated rings. The molecule has 0 aliphatic heterocycles. The van der Waals surface area contributed by atoms with Crippen LogP contribution in [0.3, 0.4) is 0 Å². The van der Waals surface area contributed by atoms with Gasteiger partial charge in [-0.05, 0) is 36.4 Å². The van der Waals surface area contributed by atoms with E-state index in [1.165, 1.54) is 42.5 Å². The van der Waals surface area contributed by atoms with Gasteiger partial charge in [0.1, 0.15) is 11.8 Å². The largest absolute Gasteiger partial charge is 0.451 e. The average molecular weight is 440 g/mol. The minimum absolute atomic E-state index is 0.0112. The number of ether oxygens (including phenoxy) is 2. The average Bonchev–Trinajstić information content (AvgIpc) is 3.21. The molecule has 1 aromatic carbocycles. The number of benzene rings is 1. The molecule has 1 aromatic heterocycles. The summed E-state index contributed by atoms with van der Waals surface area (Å²) in [7, 11) is 0. The van der Waals surface area contributed by atoms with Crippen molar-refractivity contribution in [2.75, 3.05) is 5.32 Å². The predicted octanol–water partition coefficient (Wildman–Crippen LogP) is 3.67. The van der Waals surface area contributed by atoms with Gasteiger partial charge in [-0.1, -0.05) is 32.0 Å². The van der Waals surface area contributed by atoms with Gasteiger partial charge in [0.05, 0.1) is 10.6 Å². The number of anilines is 1. The Bertz CT molecular complexity index is 874. The van der Waals surface area contributed by atoms with E-state index in [0.29, 0.717) is 4.88 Å². The molecule has 30 heavy (non-hydrogen) atoms. The molecule has 2 unspecified atom stereocenters. The molecule has 0 saturated heterocycles. The topological polar surface area (TPSA) is 93.7 Å². The number of esters is 1. The molecule has 0 saturated carbocycles. The Kier molecular flexibility index (Phi) is 8.28. The zero-order chi connectivity index (χ0) is 22.3. The Morgan fingerprint density at radius 3 is 2.33 bits per heavy atom. The Labute approximate surface area is 176 Å². The second kappa shape index (κ2) is 10.7. The Morgan fingerprint density at radius 1 is 1.03 bits per heavy atom. The monoisotopic (exact) mass is 440 g/mol. The Morgan fingerprint density at radius 2 is 1.73 bits per heavy atom. The fourth-order valence-electron chi connectivity index (χ4n) is 2.42. The summed E-state index contributed by atoms with van der Waals surface area (Å²) >= 11 is 1.23. The van der Waals surface area contributed by atoms with Crippen LogP contribution in [0.2, 0.25) is 0 Å². The van der Waals surface area contributed by atoms with Crippen LogP contribution in [0.4, 0.5) is 14.5 Å². The second-order valence-corrected chi connectivity index (χ2v) is 7.56. The lowest BCUT2D eigenvalue weighted by atomic mass is 10.0. The van der Waals surface area contributed by atoms with Crippen LogP contribution in [0.5, 0.6) is 5.75 Å². The van der Waals surface area contributed by atoms with Gasteiger partial charge in [-0.3, -0.25) is 9.59 Å². The van der Waals surface area contributed by atoms with Gasteiger partial charge in [-0.2, -0.15) is 8.78 Å². The van der Waals surface area contributed by atoms with E-state index in [4.69, 9.17) is 4.74 Å². The molecule has 0 bridgehead atoms. The smallest absolute Gasteiger partial charge is 0.387 e. The molecule has 2 rings (SSSR count). The fraction of sp³-hybridized carbons (Fsp3) is 0.350. The van der Waals surface area contributed by atoms with Gasteiger partial charge < -0.3 is 20.1 Å². The summed E-state index contributed by atoms with van der Waals surface area (Å²) in [5.41, 5.74) is 0.0112. The molecule has 0 spiro atoms. The lowest BCUT2D eigenvalue weighted by Gasteiger charge is -2.23. The van der Waals surface area contributed by atoms with Crippen molar-refractivity contribution in [1.82, 2.24) is 5.32 Å². The standard InChI is InChI=1S/C20H22F2N2O5S/c1-11(2)16(24-18(26)15-9-6-10-30-15)19(27)28-12(3)17(25)23-13-7-4-5-8-14(13)29-20(21)22/h4-12,16,20H,1-3H3,(H,23,25)(H,24,26). The molecule has 2 atom stereocenters. The Balaban J connectivity index is 2.01. The van der Waals surface area contributed by atoms with E-state index in [1.54, 1.807) is 31.4 Å². The molecule has 0 aliphatic carbocycles. The van der Waals surface area contributed by atoms with Crippen LogP contribution in [-0.4, -0.2) is 36.5 Å². The highest BCUT2D eigenvalue weighted by molar-refractivity contribution is 7.12. The van der Waals surface area contributed by atoms with Crippen LogP contribution in [0, 0.1) is 5.92 Å². The molecule has 162 valence electrons. The maximum Gasteiger partial charge on any atom is 0.387 e. The van der Waals surface area contributed by atoms with Crippen molar-refractivity contribution in [3.8, 4) is 5.75 Å². The fourth-order valence-corrected chi connectivity index (χ4v) is 3.05. The summed E-state index contributed by atoms with van der Waals surface area (Å²) < 4.78 is 34.6. The van der Waals surface area contributed by atoms with Crippen LogP contribution in [0.1, 0.15) is 30.4 Å². The number of carbonyl (C=O) groups excluding carboxylic acids is 3. The number of nitrogens with one attached hydrogen (secondary N) is 2. The van der Waals surface area contributed by atoms with Crippen molar-refractivity contribution >= 4 is 34.8 Å². The van der Waals surface area contributed by atoms with E-state index >= 15 is 0 Å². The number of alkyl halides is 2. The first-order valence-electron chi connectivity index (χ1n) is 9.08. The van der Waals surface area contributed by atoms with Crippen molar-refractivity contribution in [2.45, 2.75) is 39.5 Å². The number of rotatable bonds is 9. The van der Waals surface area contributed by atoms with Gasteiger partial charge in [0.2, 0.25) is 0 Å². The molecule has 7 nitrogen and oxygen atoms in total. The van der Waals surface area contributed by atoms with Gasteiger partial charge in [0, 0.05) is 0 Å². The Hall–Kier alpha value is -3.01. The molecule has 10 heteroatoms. The number of thiophene rings is 1. The zero-order valence-electron chi connectivity index (χ0n) is 16.6. The summed E-state index contributed by atoms with van der Waals surface area (Å²) in [6, 6.07) is 8.02. The number of carbonyl (C=O) groups is 3. The predicted molar refractivity (Wildman–Crippen MR) is 108 cm³/mol. The first-order valence-corrected chi connectivity index (χ1v) is 9.96. The normalized spacial score (nSPS) is 12.9. The molecule has 0 aliphatic rings. The van der Waals surface area contributed by atoms with Crippen molar-refractivity contribution in [2.24, 2.45) is 5.92 Å². The molecule has 0 radical (unpaired) electrons. The van der Waals surface area contributed by atoms with Crippen LogP contribution < -0.4 is 15.4 Å². The summed E-state index contributed by atoms with van der Waals surface area (Å²) in [4.78, 5) is 37.6. The van der Waals surface area contributed by atoms with E-state index in [9.17, 15) is 23.2 Å². The minimum atomic E-state index is -3.06. The molecular formula is C20H22F2N2O5S. The number of hydrogen-bond donors (Lipinski definition) is 2. The van der Waals surface area contributed by atoms with Gasteiger partial charge >= 0.3 is 12.6 Å². The van der Waals surface area contributed by atoms with Crippen molar-refractivity contribution in [3.05, 3.63) is 46.7 Å². The summed E-state index contributed by atoms with van der Waals surface area (Å²) in [5.74, 6) is -2.45. The third-order valence-electron chi connectivity index (χ3n) is 3.98. The highest BCUT2D eigenvalue weighted by atomic mass is 32.1. The maximum atomic E-state index is 12.5. The van der Waals surface area contributed by atoms with Gasteiger partial charge in [0.15, 0.2) is 6.10 Å². The zero-order valence-corrected chi connectivity index (χ0v) is 17.4. The van der Waals surface area contributed by atoms with Crippen LogP contribution in [0.15, 0.2) is 41.8 Å². The van der Waals surface area contributed by atoms with Crippen LogP contribution >= 0.6 is 11.3 Å². The number of halogens is 2. The number of amides is 2. The van der Waals surface area contributed by atoms with Gasteiger partial charge in [-0.25, -0.2) is 4.79 Å². The first kappa shape index (κ1) is 23.3. The summed E-state index contributed by atoms with van der Waals surface area (Å²) in [5, 5.41) is 6.73. The quantitative estimate of drug-likeness (QED) is 0.581. The lowest BCUT2D eigenvalue weighted by Crippen LogP contribution is -2.47. The van der Waals surface area contributed by atoms with E-state index in [-0.39, 0.29) is 17.4 Å². The van der Waals surface area contributed by atoms with Crippen molar-refractivity contribution in [1.29, 1.82) is 0 Å². The first-order chi connectivity index (χ1) is 14.2. The molecule has 2 N–H and O–H groups in total. The van der Waals surface area contributed by atoms with Crippen LogP contribution in [0.25, 0.3) is 0 Å². The molecule has 2 aromatic rings. The minimum Gasteiger partial charge on any atom is -0.451 e. The second-order valence-electron chi connectivity index (χ2n) is 6.62. The van der Waals surface area contributed by atoms with Crippen molar-refractivity contribution < 1.29 is 32.6 Å². The molecule has 1 heterocycles. The van der Waals surface area contributed by atoms with Gasteiger partial charge in [-0.15, -0.1) is 11.3 Å². The highest BCUT2D eigenvalue weighted by Crippen LogP contribution is 2.25. The summed E-state index contributed by atoms with van der Waals surface area (Å²) in [6.45, 7) is 1.73. The van der Waals surface area contributed by atoms with Crippen LogP contribution in [-0.2, 0) is 14.3 Å². The van der Waals surface area contributed by atoms with E-state index < -0.39 is 36.5 Å². The number of para-hydroxylation sites is 2. The maximum absolute atomic E-state index is 12.5. The third-order valence-corrected chi connectivity index (χ3v) is 4.84. The van der Waals surface area contributed by atoms with Gasteiger partial charge in [0.25, 0.3) is 11.8 Å². The molecule has 2 amide bonds. The summed E-state index contributed by atoms with van der Waals surface area (Å²) in [6.07, 6.45) is -1.24. The SMILES string of the molecule is CC(OC(=O)C(NC(=O)c1cccs1)C(C)C)C(=O)Nc1ccccc1OC(F)F. The molecular weight excluding hydrogens is 418 g/mol. The van der Waals surface area contributed by atoms with E-state index in [1.807, 2.05) is 0 Å². The van der Waals surface area contributed by atoms with Crippen molar-refractivity contribution in [3.63, 3.8) is 0 Å². The van der Waals surface area contributed by atoms with E-state index in [2.05, 4.69) is 15.4 Å².